The third-order valence-electron chi connectivity index (χ3n) is 4.74. The van der Waals surface area contributed by atoms with Crippen LogP contribution in [0.5, 0.6) is 0 Å². The fourth-order valence-electron chi connectivity index (χ4n) is 4.60. The first kappa shape index (κ1) is 14.7. The fourth-order valence-corrected chi connectivity index (χ4v) is 5.40. The molecule has 2 saturated carbocycles. The summed E-state index contributed by atoms with van der Waals surface area (Å²) in [6, 6.07) is 1.53. The largest absolute Gasteiger partial charge is 0.311 e. The minimum absolute atomic E-state index is 0.511. The number of rotatable bonds is 3. The van der Waals surface area contributed by atoms with E-state index in [-0.39, 0.29) is 0 Å². The van der Waals surface area contributed by atoms with Gasteiger partial charge in [0.25, 0.3) is 0 Å². The molecule has 2 unspecified atom stereocenters. The number of hydrogen-bond acceptors (Lipinski definition) is 2. The smallest absolute Gasteiger partial charge is 0.00805 e. The van der Waals surface area contributed by atoms with Crippen LogP contribution in [0.3, 0.4) is 0 Å². The van der Waals surface area contributed by atoms with Crippen molar-refractivity contribution in [2.75, 3.05) is 6.26 Å². The molecule has 0 aliphatic heterocycles. The van der Waals surface area contributed by atoms with Crippen molar-refractivity contribution in [3.8, 4) is 0 Å². The van der Waals surface area contributed by atoms with E-state index in [0.717, 1.165) is 17.3 Å². The SMILES string of the molecule is CSC1CCC(NC2CC(C)(C)CC(C)(C)C2)C1. The molecule has 0 aromatic carbocycles. The van der Waals surface area contributed by atoms with Crippen molar-refractivity contribution in [1.82, 2.24) is 5.32 Å². The Morgan fingerprint density at radius 1 is 0.944 bits per heavy atom. The summed E-state index contributed by atoms with van der Waals surface area (Å²) in [7, 11) is 0. The molecule has 1 N–H and O–H groups in total. The third kappa shape index (κ3) is 3.90. The molecule has 0 amide bonds. The van der Waals surface area contributed by atoms with E-state index in [0.29, 0.717) is 10.8 Å². The molecule has 106 valence electrons. The Morgan fingerprint density at radius 3 is 2.06 bits per heavy atom. The van der Waals surface area contributed by atoms with Gasteiger partial charge in [-0.2, -0.15) is 11.8 Å². The molecular formula is C16H31NS. The van der Waals surface area contributed by atoms with Gasteiger partial charge in [0.05, 0.1) is 0 Å². The van der Waals surface area contributed by atoms with E-state index >= 15 is 0 Å². The highest BCUT2D eigenvalue weighted by Gasteiger charge is 2.39. The Kier molecular flexibility index (Phi) is 4.38. The lowest BCUT2D eigenvalue weighted by Crippen LogP contribution is -2.47. The lowest BCUT2D eigenvalue weighted by Gasteiger charge is -2.46. The lowest BCUT2D eigenvalue weighted by molar-refractivity contribution is 0.0805. The molecule has 0 heterocycles. The molecule has 1 nitrogen and oxygen atoms in total. The molecule has 0 spiro atoms. The van der Waals surface area contributed by atoms with Gasteiger partial charge in [0.1, 0.15) is 0 Å². The molecular weight excluding hydrogens is 238 g/mol. The molecule has 0 aromatic heterocycles. The van der Waals surface area contributed by atoms with Crippen LogP contribution in [0.1, 0.15) is 66.2 Å². The molecule has 2 aliphatic rings. The summed E-state index contributed by atoms with van der Waals surface area (Å²) in [6.45, 7) is 9.79. The molecule has 2 fully saturated rings. The minimum Gasteiger partial charge on any atom is -0.311 e. The van der Waals surface area contributed by atoms with Crippen LogP contribution in [0.15, 0.2) is 0 Å². The van der Waals surface area contributed by atoms with Crippen LogP contribution in [0.25, 0.3) is 0 Å². The van der Waals surface area contributed by atoms with E-state index in [4.69, 9.17) is 0 Å². The topological polar surface area (TPSA) is 12.0 Å². The van der Waals surface area contributed by atoms with Crippen molar-refractivity contribution < 1.29 is 0 Å². The minimum atomic E-state index is 0.511. The zero-order valence-electron chi connectivity index (χ0n) is 12.9. The summed E-state index contributed by atoms with van der Waals surface area (Å²) < 4.78 is 0. The second-order valence-electron chi connectivity index (χ2n) is 8.14. The second-order valence-corrected chi connectivity index (χ2v) is 9.28. The molecule has 0 radical (unpaired) electrons. The Bertz CT molecular complexity index is 269. The number of thioether (sulfide) groups is 1. The zero-order valence-corrected chi connectivity index (χ0v) is 13.7. The van der Waals surface area contributed by atoms with Gasteiger partial charge in [0.15, 0.2) is 0 Å². The Morgan fingerprint density at radius 2 is 1.56 bits per heavy atom. The Balaban J connectivity index is 1.89. The Labute approximate surface area is 118 Å². The van der Waals surface area contributed by atoms with Crippen LogP contribution in [-0.2, 0) is 0 Å². The van der Waals surface area contributed by atoms with Crippen LogP contribution < -0.4 is 5.32 Å². The molecule has 0 aromatic rings. The summed E-state index contributed by atoms with van der Waals surface area (Å²) in [4.78, 5) is 0. The quantitative estimate of drug-likeness (QED) is 0.811. The van der Waals surface area contributed by atoms with Crippen LogP contribution >= 0.6 is 11.8 Å². The van der Waals surface area contributed by atoms with Gasteiger partial charge < -0.3 is 5.32 Å². The highest BCUT2D eigenvalue weighted by Crippen LogP contribution is 2.46. The van der Waals surface area contributed by atoms with Gasteiger partial charge in [-0.25, -0.2) is 0 Å². The summed E-state index contributed by atoms with van der Waals surface area (Å²) >= 11 is 2.06. The maximum atomic E-state index is 3.98. The van der Waals surface area contributed by atoms with Crippen LogP contribution in [0, 0.1) is 10.8 Å². The van der Waals surface area contributed by atoms with Gasteiger partial charge in [0.2, 0.25) is 0 Å². The van der Waals surface area contributed by atoms with E-state index in [1.54, 1.807) is 0 Å². The molecule has 2 rings (SSSR count). The van der Waals surface area contributed by atoms with Crippen molar-refractivity contribution in [2.24, 2.45) is 10.8 Å². The van der Waals surface area contributed by atoms with Crippen molar-refractivity contribution >= 4 is 11.8 Å². The van der Waals surface area contributed by atoms with E-state index in [1.807, 2.05) is 0 Å². The molecule has 18 heavy (non-hydrogen) atoms. The first-order valence-electron chi connectivity index (χ1n) is 7.59. The van der Waals surface area contributed by atoms with Crippen molar-refractivity contribution in [1.29, 1.82) is 0 Å². The van der Waals surface area contributed by atoms with Gasteiger partial charge in [0, 0.05) is 17.3 Å². The predicted octanol–water partition coefficient (Wildman–Crippen LogP) is 4.47. The Hall–Kier alpha value is 0.310. The fraction of sp³-hybridized carbons (Fsp3) is 1.00. The monoisotopic (exact) mass is 269 g/mol. The standard InChI is InChI=1S/C16H31NS/c1-15(2)9-13(10-16(3,4)11-15)17-12-6-7-14(8-12)18-5/h12-14,17H,6-11H2,1-5H3. The molecule has 2 atom stereocenters. The maximum absolute atomic E-state index is 3.98. The van der Waals surface area contributed by atoms with Gasteiger partial charge >= 0.3 is 0 Å². The molecule has 2 aliphatic carbocycles. The normalized spacial score (nSPS) is 35.8. The lowest BCUT2D eigenvalue weighted by atomic mass is 9.63. The van der Waals surface area contributed by atoms with Crippen LogP contribution in [0.4, 0.5) is 0 Å². The van der Waals surface area contributed by atoms with Crippen LogP contribution in [0.2, 0.25) is 0 Å². The van der Waals surface area contributed by atoms with Gasteiger partial charge in [-0.05, 0) is 55.6 Å². The average Bonchev–Trinajstić information content (AvgIpc) is 2.60. The van der Waals surface area contributed by atoms with E-state index in [1.165, 1.54) is 38.5 Å². The van der Waals surface area contributed by atoms with E-state index < -0.39 is 0 Å². The van der Waals surface area contributed by atoms with E-state index in [9.17, 15) is 0 Å². The summed E-state index contributed by atoms with van der Waals surface area (Å²) in [6.07, 6.45) is 10.5. The molecule has 0 bridgehead atoms. The zero-order chi connectivity index (χ0) is 13.4. The van der Waals surface area contributed by atoms with Crippen molar-refractivity contribution in [2.45, 2.75) is 83.6 Å². The summed E-state index contributed by atoms with van der Waals surface area (Å²) in [5.74, 6) is 0. The van der Waals surface area contributed by atoms with E-state index in [2.05, 4.69) is 51.0 Å². The van der Waals surface area contributed by atoms with Gasteiger partial charge in [-0.1, -0.05) is 27.7 Å². The van der Waals surface area contributed by atoms with Crippen LogP contribution in [-0.4, -0.2) is 23.6 Å². The van der Waals surface area contributed by atoms with Gasteiger partial charge in [-0.15, -0.1) is 0 Å². The summed E-state index contributed by atoms with van der Waals surface area (Å²) in [5, 5.41) is 4.89. The highest BCUT2D eigenvalue weighted by atomic mass is 32.2. The first-order valence-corrected chi connectivity index (χ1v) is 8.87. The number of hydrogen-bond donors (Lipinski definition) is 1. The molecule has 0 saturated heterocycles. The summed E-state index contributed by atoms with van der Waals surface area (Å²) in [5.41, 5.74) is 1.02. The van der Waals surface area contributed by atoms with Crippen molar-refractivity contribution in [3.05, 3.63) is 0 Å². The number of nitrogens with one attached hydrogen (secondary N) is 1. The molecule has 2 heteroatoms. The second kappa shape index (κ2) is 5.36. The third-order valence-corrected chi connectivity index (χ3v) is 5.84. The average molecular weight is 269 g/mol. The van der Waals surface area contributed by atoms with Gasteiger partial charge in [-0.3, -0.25) is 0 Å². The maximum Gasteiger partial charge on any atom is 0.00805 e. The first-order chi connectivity index (χ1) is 8.30. The predicted molar refractivity (Wildman–Crippen MR) is 83.3 cm³/mol. The highest BCUT2D eigenvalue weighted by molar-refractivity contribution is 7.99. The van der Waals surface area contributed by atoms with Crippen molar-refractivity contribution in [3.63, 3.8) is 0 Å².